The van der Waals surface area contributed by atoms with Gasteiger partial charge in [0, 0.05) is 6.54 Å². The van der Waals surface area contributed by atoms with E-state index in [-0.39, 0.29) is 11.8 Å². The topological polar surface area (TPSA) is 80.0 Å². The van der Waals surface area contributed by atoms with Gasteiger partial charge in [0.2, 0.25) is 5.91 Å². The van der Waals surface area contributed by atoms with Crippen LogP contribution in [0.5, 0.6) is 0 Å². The first kappa shape index (κ1) is 14.3. The number of amides is 1. The van der Waals surface area contributed by atoms with Crippen molar-refractivity contribution < 1.29 is 4.79 Å². The number of anilines is 2. The molecule has 1 atom stereocenters. The minimum Gasteiger partial charge on any atom is -0.370 e. The second-order valence-corrected chi connectivity index (χ2v) is 4.60. The Hall–Kier alpha value is -1.78. The first-order valence-corrected chi connectivity index (χ1v) is 6.31. The molecular weight excluding hydrogens is 228 g/mol. The van der Waals surface area contributed by atoms with E-state index >= 15 is 0 Å². The van der Waals surface area contributed by atoms with Gasteiger partial charge in [0.05, 0.1) is 0 Å². The van der Waals surface area contributed by atoms with Gasteiger partial charge < -0.3 is 16.4 Å². The van der Waals surface area contributed by atoms with Crippen molar-refractivity contribution in [2.75, 3.05) is 17.2 Å². The van der Waals surface area contributed by atoms with Crippen molar-refractivity contribution in [3.63, 3.8) is 0 Å². The van der Waals surface area contributed by atoms with Crippen LogP contribution in [0, 0.1) is 5.92 Å². The molecule has 0 saturated heterocycles. The zero-order valence-electron chi connectivity index (χ0n) is 11.2. The summed E-state index contributed by atoms with van der Waals surface area (Å²) >= 11 is 0. The van der Waals surface area contributed by atoms with Gasteiger partial charge in [-0.25, -0.2) is 4.98 Å². The van der Waals surface area contributed by atoms with Gasteiger partial charge in [-0.05, 0) is 24.5 Å². The first-order chi connectivity index (χ1) is 8.54. The summed E-state index contributed by atoms with van der Waals surface area (Å²) in [6.07, 6.45) is 1.04. The standard InChI is InChI=1S/C13H22N4O/c1-4-8-15-10-6-5-7-11(16-10)17-12(9(2)3)13(14)18/h5-7,9,12H,4,8H2,1-3H3,(H2,14,18)(H2,15,16,17). The fraction of sp³-hybridized carbons (Fsp3) is 0.538. The van der Waals surface area contributed by atoms with Crippen LogP contribution in [0.15, 0.2) is 18.2 Å². The number of nitrogens with zero attached hydrogens (tertiary/aromatic N) is 1. The van der Waals surface area contributed by atoms with Crippen molar-refractivity contribution in [3.05, 3.63) is 18.2 Å². The average molecular weight is 250 g/mol. The summed E-state index contributed by atoms with van der Waals surface area (Å²) in [5.41, 5.74) is 5.36. The van der Waals surface area contributed by atoms with E-state index in [0.29, 0.717) is 5.82 Å². The molecule has 0 saturated carbocycles. The van der Waals surface area contributed by atoms with E-state index in [1.54, 1.807) is 0 Å². The number of pyridine rings is 1. The Bertz CT molecular complexity index is 392. The lowest BCUT2D eigenvalue weighted by Crippen LogP contribution is -2.39. The molecule has 1 heterocycles. The van der Waals surface area contributed by atoms with Gasteiger partial charge in [0.25, 0.3) is 0 Å². The van der Waals surface area contributed by atoms with Crippen LogP contribution in [0.2, 0.25) is 0 Å². The quantitative estimate of drug-likeness (QED) is 0.689. The zero-order valence-corrected chi connectivity index (χ0v) is 11.2. The molecule has 1 aromatic heterocycles. The van der Waals surface area contributed by atoms with E-state index < -0.39 is 6.04 Å². The zero-order chi connectivity index (χ0) is 13.5. The second-order valence-electron chi connectivity index (χ2n) is 4.60. The van der Waals surface area contributed by atoms with Crippen molar-refractivity contribution >= 4 is 17.5 Å². The van der Waals surface area contributed by atoms with Crippen molar-refractivity contribution in [1.82, 2.24) is 4.98 Å². The molecule has 18 heavy (non-hydrogen) atoms. The largest absolute Gasteiger partial charge is 0.370 e. The molecule has 0 fully saturated rings. The Morgan fingerprint density at radius 3 is 2.61 bits per heavy atom. The SMILES string of the molecule is CCCNc1cccc(NC(C(N)=O)C(C)C)n1. The number of nitrogens with two attached hydrogens (primary N) is 1. The van der Waals surface area contributed by atoms with Crippen LogP contribution in [0.4, 0.5) is 11.6 Å². The number of aromatic nitrogens is 1. The summed E-state index contributed by atoms with van der Waals surface area (Å²) in [6.45, 7) is 6.86. The summed E-state index contributed by atoms with van der Waals surface area (Å²) in [6, 6.07) is 5.22. The monoisotopic (exact) mass is 250 g/mol. The molecule has 5 heteroatoms. The molecule has 0 bridgehead atoms. The number of carbonyl (C=O) groups excluding carboxylic acids is 1. The predicted octanol–water partition coefficient (Wildman–Crippen LogP) is 1.83. The Morgan fingerprint density at radius 1 is 1.39 bits per heavy atom. The number of rotatable bonds is 7. The molecule has 0 aliphatic heterocycles. The van der Waals surface area contributed by atoms with Crippen molar-refractivity contribution in [2.45, 2.75) is 33.2 Å². The maximum Gasteiger partial charge on any atom is 0.240 e. The average Bonchev–Trinajstić information content (AvgIpc) is 2.33. The van der Waals surface area contributed by atoms with Crippen LogP contribution in [-0.4, -0.2) is 23.5 Å². The summed E-state index contributed by atoms with van der Waals surface area (Å²) < 4.78 is 0. The third-order valence-electron chi connectivity index (χ3n) is 2.58. The molecule has 1 rings (SSSR count). The molecule has 100 valence electrons. The van der Waals surface area contributed by atoms with Crippen LogP contribution >= 0.6 is 0 Å². The maximum atomic E-state index is 11.3. The van der Waals surface area contributed by atoms with Crippen molar-refractivity contribution in [3.8, 4) is 0 Å². The van der Waals surface area contributed by atoms with Gasteiger partial charge in [0.1, 0.15) is 17.7 Å². The van der Waals surface area contributed by atoms with Gasteiger partial charge in [-0.1, -0.05) is 26.8 Å². The number of nitrogens with one attached hydrogen (secondary N) is 2. The van der Waals surface area contributed by atoms with E-state index in [4.69, 9.17) is 5.73 Å². The van der Waals surface area contributed by atoms with E-state index in [1.807, 2.05) is 32.0 Å². The van der Waals surface area contributed by atoms with Crippen LogP contribution in [0.25, 0.3) is 0 Å². The third-order valence-corrected chi connectivity index (χ3v) is 2.58. The fourth-order valence-corrected chi connectivity index (χ4v) is 1.59. The van der Waals surface area contributed by atoms with E-state index in [2.05, 4.69) is 22.5 Å². The highest BCUT2D eigenvalue weighted by Gasteiger charge is 2.19. The Labute approximate surface area is 108 Å². The molecule has 0 radical (unpaired) electrons. The Balaban J connectivity index is 2.74. The molecule has 0 aliphatic carbocycles. The molecule has 4 N–H and O–H groups in total. The first-order valence-electron chi connectivity index (χ1n) is 6.31. The summed E-state index contributed by atoms with van der Waals surface area (Å²) in [4.78, 5) is 15.7. The lowest BCUT2D eigenvalue weighted by Gasteiger charge is -2.19. The lowest BCUT2D eigenvalue weighted by molar-refractivity contribution is -0.119. The Morgan fingerprint density at radius 2 is 2.06 bits per heavy atom. The van der Waals surface area contributed by atoms with Gasteiger partial charge in [-0.3, -0.25) is 4.79 Å². The van der Waals surface area contributed by atoms with Crippen LogP contribution < -0.4 is 16.4 Å². The van der Waals surface area contributed by atoms with Crippen molar-refractivity contribution in [2.24, 2.45) is 11.7 Å². The molecular formula is C13H22N4O. The maximum absolute atomic E-state index is 11.3. The normalized spacial score (nSPS) is 12.2. The van der Waals surface area contributed by atoms with Gasteiger partial charge in [-0.15, -0.1) is 0 Å². The van der Waals surface area contributed by atoms with Crippen molar-refractivity contribution in [1.29, 1.82) is 0 Å². The number of carbonyl (C=O) groups is 1. The molecule has 0 aliphatic rings. The molecule has 1 unspecified atom stereocenters. The van der Waals surface area contributed by atoms with Crippen LogP contribution in [0.3, 0.4) is 0 Å². The lowest BCUT2D eigenvalue weighted by atomic mass is 10.0. The molecule has 1 amide bonds. The molecule has 0 aromatic carbocycles. The highest BCUT2D eigenvalue weighted by molar-refractivity contribution is 5.83. The highest BCUT2D eigenvalue weighted by Crippen LogP contribution is 2.13. The molecule has 5 nitrogen and oxygen atoms in total. The van der Waals surface area contributed by atoms with Gasteiger partial charge in [0.15, 0.2) is 0 Å². The predicted molar refractivity (Wildman–Crippen MR) is 74.5 cm³/mol. The van der Waals surface area contributed by atoms with E-state index in [9.17, 15) is 4.79 Å². The summed E-state index contributed by atoms with van der Waals surface area (Å²) in [5.74, 6) is 1.22. The minimum atomic E-state index is -0.404. The fourth-order valence-electron chi connectivity index (χ4n) is 1.59. The summed E-state index contributed by atoms with van der Waals surface area (Å²) in [5, 5.41) is 6.27. The van der Waals surface area contributed by atoms with E-state index in [1.165, 1.54) is 0 Å². The van der Waals surface area contributed by atoms with Crippen LogP contribution in [0.1, 0.15) is 27.2 Å². The van der Waals surface area contributed by atoms with Gasteiger partial charge in [-0.2, -0.15) is 0 Å². The van der Waals surface area contributed by atoms with E-state index in [0.717, 1.165) is 18.8 Å². The number of hydrogen-bond acceptors (Lipinski definition) is 4. The number of hydrogen-bond donors (Lipinski definition) is 3. The minimum absolute atomic E-state index is 0.122. The van der Waals surface area contributed by atoms with Gasteiger partial charge >= 0.3 is 0 Å². The Kier molecular flexibility index (Phi) is 5.42. The van der Waals surface area contributed by atoms with Crippen LogP contribution in [-0.2, 0) is 4.79 Å². The smallest absolute Gasteiger partial charge is 0.240 e. The summed E-state index contributed by atoms with van der Waals surface area (Å²) in [7, 11) is 0. The molecule has 0 spiro atoms. The molecule has 1 aromatic rings. The third kappa shape index (κ3) is 4.24. The second kappa shape index (κ2) is 6.83. The highest BCUT2D eigenvalue weighted by atomic mass is 16.1. The number of primary amides is 1.